The maximum absolute atomic E-state index is 12.2. The number of hydrogen-bond donors (Lipinski definition) is 2. The highest BCUT2D eigenvalue weighted by Crippen LogP contribution is 2.32. The van der Waals surface area contributed by atoms with Crippen LogP contribution in [0.1, 0.15) is 32.8 Å². The highest BCUT2D eigenvalue weighted by Gasteiger charge is 2.20. The van der Waals surface area contributed by atoms with E-state index in [2.05, 4.69) is 5.32 Å². The van der Waals surface area contributed by atoms with Crippen LogP contribution in [0.15, 0.2) is 18.2 Å². The molecule has 25 heavy (non-hydrogen) atoms. The van der Waals surface area contributed by atoms with Crippen molar-refractivity contribution in [1.29, 1.82) is 0 Å². The number of rotatable bonds is 7. The van der Waals surface area contributed by atoms with Gasteiger partial charge in [0.2, 0.25) is 5.91 Å². The first-order chi connectivity index (χ1) is 11.9. The van der Waals surface area contributed by atoms with E-state index in [0.29, 0.717) is 28.5 Å². The molecule has 0 aliphatic rings. The standard InChI is InChI=1S/C18H21NO5S/c1-10-11(2)25-17(16(10)18(21)22)19-15(20)8-6-12-5-7-13(23-3)14(9-12)24-4/h5,7,9H,6,8H2,1-4H3,(H,19,20)(H,21,22). The van der Waals surface area contributed by atoms with Crippen LogP contribution in [0.4, 0.5) is 5.00 Å². The third-order valence-corrected chi connectivity index (χ3v) is 5.06. The third-order valence-electron chi connectivity index (χ3n) is 3.94. The Kier molecular flexibility index (Phi) is 6.03. The number of ether oxygens (including phenoxy) is 2. The molecule has 0 saturated heterocycles. The zero-order valence-electron chi connectivity index (χ0n) is 14.6. The summed E-state index contributed by atoms with van der Waals surface area (Å²) >= 11 is 1.28. The minimum absolute atomic E-state index is 0.168. The van der Waals surface area contributed by atoms with E-state index in [1.165, 1.54) is 11.3 Å². The Morgan fingerprint density at radius 1 is 1.16 bits per heavy atom. The van der Waals surface area contributed by atoms with Crippen molar-refractivity contribution in [1.82, 2.24) is 0 Å². The minimum atomic E-state index is -1.03. The Balaban J connectivity index is 2.05. The molecule has 0 radical (unpaired) electrons. The second-order valence-electron chi connectivity index (χ2n) is 5.53. The summed E-state index contributed by atoms with van der Waals surface area (Å²) < 4.78 is 10.4. The van der Waals surface area contributed by atoms with Crippen molar-refractivity contribution in [2.24, 2.45) is 0 Å². The van der Waals surface area contributed by atoms with E-state index in [0.717, 1.165) is 10.4 Å². The molecule has 2 rings (SSSR count). The van der Waals surface area contributed by atoms with Gasteiger partial charge in [-0.2, -0.15) is 0 Å². The highest BCUT2D eigenvalue weighted by molar-refractivity contribution is 7.16. The third kappa shape index (κ3) is 4.30. The van der Waals surface area contributed by atoms with E-state index in [9.17, 15) is 14.7 Å². The second kappa shape index (κ2) is 8.02. The number of hydrogen-bond acceptors (Lipinski definition) is 5. The molecule has 0 unspecified atom stereocenters. The van der Waals surface area contributed by atoms with Crippen LogP contribution >= 0.6 is 11.3 Å². The smallest absolute Gasteiger partial charge is 0.338 e. The summed E-state index contributed by atoms with van der Waals surface area (Å²) in [5, 5.41) is 12.4. The van der Waals surface area contributed by atoms with Gasteiger partial charge in [0, 0.05) is 11.3 Å². The topological polar surface area (TPSA) is 84.9 Å². The number of carbonyl (C=O) groups excluding carboxylic acids is 1. The number of carboxylic acid groups (broad SMARTS) is 1. The summed E-state index contributed by atoms with van der Waals surface area (Å²) in [6, 6.07) is 5.49. The zero-order chi connectivity index (χ0) is 18.6. The Labute approximate surface area is 150 Å². The number of thiophene rings is 1. The van der Waals surface area contributed by atoms with Gasteiger partial charge in [-0.05, 0) is 43.5 Å². The number of aryl methyl sites for hydroxylation is 2. The van der Waals surface area contributed by atoms with E-state index in [-0.39, 0.29) is 17.9 Å². The predicted octanol–water partition coefficient (Wildman–Crippen LogP) is 3.65. The number of aromatic carboxylic acids is 1. The molecule has 0 atom stereocenters. The molecule has 0 saturated carbocycles. The lowest BCUT2D eigenvalue weighted by atomic mass is 10.1. The van der Waals surface area contributed by atoms with Gasteiger partial charge >= 0.3 is 5.97 Å². The molecule has 6 nitrogen and oxygen atoms in total. The molecule has 7 heteroatoms. The quantitative estimate of drug-likeness (QED) is 0.784. The summed E-state index contributed by atoms with van der Waals surface area (Å²) in [6.45, 7) is 3.58. The van der Waals surface area contributed by atoms with Crippen LogP contribution in [0.3, 0.4) is 0 Å². The number of carbonyl (C=O) groups is 2. The van der Waals surface area contributed by atoms with Crippen molar-refractivity contribution in [3.05, 3.63) is 39.8 Å². The van der Waals surface area contributed by atoms with Crippen molar-refractivity contribution in [2.75, 3.05) is 19.5 Å². The van der Waals surface area contributed by atoms with Crippen LogP contribution in [0.2, 0.25) is 0 Å². The lowest BCUT2D eigenvalue weighted by molar-refractivity contribution is -0.116. The molecule has 1 heterocycles. The zero-order valence-corrected chi connectivity index (χ0v) is 15.5. The Hall–Kier alpha value is -2.54. The molecule has 0 aliphatic carbocycles. The van der Waals surface area contributed by atoms with Crippen molar-refractivity contribution in [2.45, 2.75) is 26.7 Å². The van der Waals surface area contributed by atoms with Gasteiger partial charge in [-0.3, -0.25) is 4.79 Å². The molecular formula is C18H21NO5S. The van der Waals surface area contributed by atoms with Crippen LogP contribution in [-0.2, 0) is 11.2 Å². The van der Waals surface area contributed by atoms with E-state index >= 15 is 0 Å². The van der Waals surface area contributed by atoms with Gasteiger partial charge in [0.25, 0.3) is 0 Å². The molecule has 1 aromatic heterocycles. The van der Waals surface area contributed by atoms with Crippen molar-refractivity contribution >= 4 is 28.2 Å². The Morgan fingerprint density at radius 2 is 1.84 bits per heavy atom. The number of carboxylic acids is 1. The lowest BCUT2D eigenvalue weighted by Gasteiger charge is -2.09. The van der Waals surface area contributed by atoms with Gasteiger partial charge in [-0.25, -0.2) is 4.79 Å². The molecule has 2 aromatic rings. The first-order valence-corrected chi connectivity index (χ1v) is 8.53. The Morgan fingerprint density at radius 3 is 2.44 bits per heavy atom. The normalized spacial score (nSPS) is 10.4. The van der Waals surface area contributed by atoms with Crippen molar-refractivity contribution in [3.8, 4) is 11.5 Å². The summed E-state index contributed by atoms with van der Waals surface area (Å²) in [5.74, 6) is -0.0139. The molecule has 0 aliphatic heterocycles. The van der Waals surface area contributed by atoms with Crippen molar-refractivity contribution < 1.29 is 24.2 Å². The average Bonchev–Trinajstić information content (AvgIpc) is 2.86. The first-order valence-electron chi connectivity index (χ1n) is 7.71. The minimum Gasteiger partial charge on any atom is -0.493 e. The Bertz CT molecular complexity index is 797. The van der Waals surface area contributed by atoms with Gasteiger partial charge in [0.1, 0.15) is 5.00 Å². The highest BCUT2D eigenvalue weighted by atomic mass is 32.1. The van der Waals surface area contributed by atoms with Crippen LogP contribution in [0, 0.1) is 13.8 Å². The SMILES string of the molecule is COc1ccc(CCC(=O)Nc2sc(C)c(C)c2C(=O)O)cc1OC. The van der Waals surface area contributed by atoms with Crippen molar-refractivity contribution in [3.63, 3.8) is 0 Å². The lowest BCUT2D eigenvalue weighted by Crippen LogP contribution is -2.14. The molecular weight excluding hydrogens is 342 g/mol. The molecule has 134 valence electrons. The summed E-state index contributed by atoms with van der Waals surface area (Å²) in [5.41, 5.74) is 1.79. The number of nitrogens with one attached hydrogen (secondary N) is 1. The van der Waals surface area contributed by atoms with E-state index in [1.54, 1.807) is 27.2 Å². The molecule has 0 bridgehead atoms. The maximum Gasteiger partial charge on any atom is 0.338 e. The summed E-state index contributed by atoms with van der Waals surface area (Å²) in [7, 11) is 3.12. The summed E-state index contributed by atoms with van der Waals surface area (Å²) in [4.78, 5) is 24.5. The van der Waals surface area contributed by atoms with Crippen LogP contribution < -0.4 is 14.8 Å². The van der Waals surface area contributed by atoms with Gasteiger partial charge in [-0.1, -0.05) is 6.07 Å². The molecule has 0 fully saturated rings. The number of methoxy groups -OCH3 is 2. The van der Waals surface area contributed by atoms with E-state index in [1.807, 2.05) is 19.1 Å². The number of amides is 1. The van der Waals surface area contributed by atoms with E-state index in [4.69, 9.17) is 9.47 Å². The fraction of sp³-hybridized carbons (Fsp3) is 0.333. The number of anilines is 1. The second-order valence-corrected chi connectivity index (χ2v) is 6.75. The summed E-state index contributed by atoms with van der Waals surface area (Å²) in [6.07, 6.45) is 0.752. The van der Waals surface area contributed by atoms with Gasteiger partial charge in [0.05, 0.1) is 19.8 Å². The fourth-order valence-corrected chi connectivity index (χ4v) is 3.52. The molecule has 1 aromatic carbocycles. The largest absolute Gasteiger partial charge is 0.493 e. The van der Waals surface area contributed by atoms with E-state index < -0.39 is 5.97 Å². The molecule has 2 N–H and O–H groups in total. The number of benzene rings is 1. The first kappa shape index (κ1) is 18.8. The van der Waals surface area contributed by atoms with Crippen LogP contribution in [0.5, 0.6) is 11.5 Å². The monoisotopic (exact) mass is 363 g/mol. The predicted molar refractivity (Wildman–Crippen MR) is 97.2 cm³/mol. The van der Waals surface area contributed by atoms with Gasteiger partial charge < -0.3 is 19.9 Å². The van der Waals surface area contributed by atoms with Crippen LogP contribution in [-0.4, -0.2) is 31.2 Å². The maximum atomic E-state index is 12.2. The molecule has 0 spiro atoms. The average molecular weight is 363 g/mol. The fourth-order valence-electron chi connectivity index (χ4n) is 2.46. The van der Waals surface area contributed by atoms with Crippen LogP contribution in [0.25, 0.3) is 0 Å². The van der Waals surface area contributed by atoms with Gasteiger partial charge in [0.15, 0.2) is 11.5 Å². The molecule has 1 amide bonds. The van der Waals surface area contributed by atoms with Gasteiger partial charge in [-0.15, -0.1) is 11.3 Å².